The molecule has 1 aromatic heterocycles. The Hall–Kier alpha value is -1.53. The smallest absolute Gasteiger partial charge is 0.264 e. The van der Waals surface area contributed by atoms with Crippen LogP contribution in [0.15, 0.2) is 12.1 Å². The van der Waals surface area contributed by atoms with E-state index >= 15 is 0 Å². The number of nitrogens with one attached hydrogen (secondary N) is 1. The molecule has 3 aromatic rings. The van der Waals surface area contributed by atoms with Gasteiger partial charge < -0.3 is 4.74 Å². The Kier molecular flexibility index (Phi) is 5.87. The first-order valence-electron chi connectivity index (χ1n) is 8.13. The molecule has 142 valence electrons. The number of ether oxygens (including phenoxy) is 1. The Labute approximate surface area is 176 Å². The van der Waals surface area contributed by atoms with Crippen LogP contribution < -0.4 is 10.1 Å². The number of rotatable bonds is 4. The van der Waals surface area contributed by atoms with Gasteiger partial charge in [-0.1, -0.05) is 58.3 Å². The van der Waals surface area contributed by atoms with E-state index in [0.717, 1.165) is 21.3 Å². The van der Waals surface area contributed by atoms with E-state index in [4.69, 9.17) is 39.5 Å². The Morgan fingerprint density at radius 3 is 2.22 bits per heavy atom. The van der Waals surface area contributed by atoms with Gasteiger partial charge in [-0.05, 0) is 49.9 Å². The molecule has 8 heteroatoms. The largest absolute Gasteiger partial charge is 0.481 e. The van der Waals surface area contributed by atoms with E-state index < -0.39 is 0 Å². The summed E-state index contributed by atoms with van der Waals surface area (Å²) in [5.74, 6) is -0.0920. The number of aromatic nitrogens is 1. The van der Waals surface area contributed by atoms with Gasteiger partial charge in [-0.15, -0.1) is 0 Å². The molecule has 0 unspecified atom stereocenters. The summed E-state index contributed by atoms with van der Waals surface area (Å²) < 4.78 is 6.64. The zero-order chi connectivity index (χ0) is 19.9. The number of anilines is 1. The second-order valence-corrected chi connectivity index (χ2v) is 8.39. The maximum absolute atomic E-state index is 12.3. The van der Waals surface area contributed by atoms with Crippen molar-refractivity contribution in [2.75, 3.05) is 11.9 Å². The minimum Gasteiger partial charge on any atom is -0.481 e. The first-order chi connectivity index (χ1) is 12.7. The van der Waals surface area contributed by atoms with E-state index in [-0.39, 0.29) is 18.3 Å². The summed E-state index contributed by atoms with van der Waals surface area (Å²) in [6.45, 7) is 7.31. The lowest BCUT2D eigenvalue weighted by Gasteiger charge is -2.15. The molecule has 3 rings (SSSR count). The maximum Gasteiger partial charge on any atom is 0.264 e. The number of carbonyl (C=O) groups excluding carboxylic acids is 1. The molecule has 1 N–H and O–H groups in total. The third-order valence-electron chi connectivity index (χ3n) is 4.25. The lowest BCUT2D eigenvalue weighted by Crippen LogP contribution is -2.20. The van der Waals surface area contributed by atoms with Gasteiger partial charge in [0.15, 0.2) is 17.5 Å². The van der Waals surface area contributed by atoms with Gasteiger partial charge in [-0.3, -0.25) is 10.1 Å². The molecule has 2 aromatic carbocycles. The van der Waals surface area contributed by atoms with E-state index in [9.17, 15) is 4.79 Å². The van der Waals surface area contributed by atoms with Gasteiger partial charge in [0.1, 0.15) is 0 Å². The molecule has 0 aliphatic heterocycles. The van der Waals surface area contributed by atoms with E-state index in [1.165, 1.54) is 11.3 Å². The average molecular weight is 444 g/mol. The minimum absolute atomic E-state index is 0.242. The molecule has 0 aliphatic rings. The lowest BCUT2D eigenvalue weighted by molar-refractivity contribution is -0.118. The second-order valence-electron chi connectivity index (χ2n) is 6.25. The molecule has 0 radical (unpaired) electrons. The first-order valence-corrected chi connectivity index (χ1v) is 10.1. The molecule has 4 nitrogen and oxygen atoms in total. The highest BCUT2D eigenvalue weighted by atomic mass is 35.5. The quantitative estimate of drug-likeness (QED) is 0.500. The van der Waals surface area contributed by atoms with Crippen molar-refractivity contribution in [2.45, 2.75) is 27.7 Å². The summed E-state index contributed by atoms with van der Waals surface area (Å²) in [4.78, 5) is 16.8. The van der Waals surface area contributed by atoms with Crippen LogP contribution in [0.5, 0.6) is 5.75 Å². The van der Waals surface area contributed by atoms with Gasteiger partial charge in [0.25, 0.3) is 5.91 Å². The van der Waals surface area contributed by atoms with Crippen molar-refractivity contribution in [3.63, 3.8) is 0 Å². The van der Waals surface area contributed by atoms with E-state index in [1.54, 1.807) is 13.8 Å². The number of hydrogen-bond acceptors (Lipinski definition) is 4. The zero-order valence-corrected chi connectivity index (χ0v) is 18.3. The number of fused-ring (bicyclic) bond motifs is 1. The Balaban J connectivity index is 1.76. The van der Waals surface area contributed by atoms with Crippen LogP contribution in [0.4, 0.5) is 5.13 Å². The minimum atomic E-state index is -0.346. The van der Waals surface area contributed by atoms with Crippen molar-refractivity contribution in [2.24, 2.45) is 0 Å². The van der Waals surface area contributed by atoms with Crippen LogP contribution in [0.2, 0.25) is 15.1 Å². The average Bonchev–Trinajstić information content (AvgIpc) is 3.06. The van der Waals surface area contributed by atoms with Crippen LogP contribution in [-0.4, -0.2) is 17.5 Å². The number of aryl methyl sites for hydroxylation is 2. The molecule has 1 amide bonds. The molecule has 0 bridgehead atoms. The normalized spacial score (nSPS) is 11.1. The highest BCUT2D eigenvalue weighted by Gasteiger charge is 2.19. The highest BCUT2D eigenvalue weighted by molar-refractivity contribution is 7.22. The molecule has 0 saturated heterocycles. The SMILES string of the molecule is Cc1c(Cl)c(C)c(Cl)c(OCC(=O)Nc2nc3c(C)ccc(C)c3s2)c1Cl. The van der Waals surface area contributed by atoms with Crippen molar-refractivity contribution < 1.29 is 9.53 Å². The van der Waals surface area contributed by atoms with Crippen LogP contribution in [0.25, 0.3) is 10.2 Å². The fraction of sp³-hybridized carbons (Fsp3) is 0.263. The van der Waals surface area contributed by atoms with Crippen LogP contribution in [0.1, 0.15) is 22.3 Å². The molecule has 0 saturated carbocycles. The van der Waals surface area contributed by atoms with Crippen LogP contribution >= 0.6 is 46.1 Å². The van der Waals surface area contributed by atoms with Gasteiger partial charge in [0.05, 0.1) is 20.3 Å². The molecule has 1 heterocycles. The van der Waals surface area contributed by atoms with Crippen LogP contribution in [0, 0.1) is 27.7 Å². The number of halogens is 3. The number of amides is 1. The van der Waals surface area contributed by atoms with Gasteiger partial charge in [-0.2, -0.15) is 0 Å². The third-order valence-corrected chi connectivity index (χ3v) is 6.84. The van der Waals surface area contributed by atoms with Crippen molar-refractivity contribution in [3.05, 3.63) is 49.5 Å². The van der Waals surface area contributed by atoms with Gasteiger partial charge >= 0.3 is 0 Å². The van der Waals surface area contributed by atoms with Crippen molar-refractivity contribution >= 4 is 67.4 Å². The fourth-order valence-corrected chi connectivity index (χ4v) is 4.49. The summed E-state index contributed by atoms with van der Waals surface area (Å²) in [6, 6.07) is 4.06. The van der Waals surface area contributed by atoms with E-state index in [2.05, 4.69) is 10.3 Å². The number of hydrogen-bond donors (Lipinski definition) is 1. The topological polar surface area (TPSA) is 51.2 Å². The summed E-state index contributed by atoms with van der Waals surface area (Å²) in [5, 5.41) is 4.38. The number of thiazole rings is 1. The molecule has 27 heavy (non-hydrogen) atoms. The van der Waals surface area contributed by atoms with Gasteiger partial charge in [-0.25, -0.2) is 4.98 Å². The highest BCUT2D eigenvalue weighted by Crippen LogP contribution is 2.42. The number of benzene rings is 2. The van der Waals surface area contributed by atoms with Gasteiger partial charge in [0, 0.05) is 5.02 Å². The second kappa shape index (κ2) is 7.84. The molecular weight excluding hydrogens is 427 g/mol. The lowest BCUT2D eigenvalue weighted by atomic mass is 10.1. The molecule has 0 atom stereocenters. The molecular formula is C19H17Cl3N2O2S. The van der Waals surface area contributed by atoms with Crippen molar-refractivity contribution in [1.29, 1.82) is 0 Å². The Bertz CT molecular complexity index is 995. The van der Waals surface area contributed by atoms with E-state index in [0.29, 0.717) is 31.3 Å². The predicted octanol–water partition coefficient (Wildman–Crippen LogP) is 6.51. The number of carbonyl (C=O) groups is 1. The Morgan fingerprint density at radius 2 is 1.63 bits per heavy atom. The zero-order valence-electron chi connectivity index (χ0n) is 15.2. The monoisotopic (exact) mass is 442 g/mol. The van der Waals surface area contributed by atoms with E-state index in [1.807, 2.05) is 26.0 Å². The van der Waals surface area contributed by atoms with Crippen LogP contribution in [-0.2, 0) is 4.79 Å². The predicted molar refractivity (Wildman–Crippen MR) is 114 cm³/mol. The van der Waals surface area contributed by atoms with Crippen molar-refractivity contribution in [3.8, 4) is 5.75 Å². The maximum atomic E-state index is 12.3. The fourth-order valence-electron chi connectivity index (χ4n) is 2.64. The first kappa shape index (κ1) is 20.2. The summed E-state index contributed by atoms with van der Waals surface area (Å²) in [5.41, 5.74) is 4.40. The standard InChI is InChI=1S/C19H17Cl3N2O2S/c1-8-5-6-9(2)18-16(8)24-19(27-18)23-12(25)7-26-17-14(21)10(3)13(20)11(4)15(17)22/h5-6H,7H2,1-4H3,(H,23,24,25). The summed E-state index contributed by atoms with van der Waals surface area (Å²) in [6.07, 6.45) is 0. The van der Waals surface area contributed by atoms with Crippen molar-refractivity contribution in [1.82, 2.24) is 4.98 Å². The molecule has 0 fully saturated rings. The Morgan fingerprint density at radius 1 is 1.04 bits per heavy atom. The van der Waals surface area contributed by atoms with Gasteiger partial charge in [0.2, 0.25) is 0 Å². The summed E-state index contributed by atoms with van der Waals surface area (Å²) >= 11 is 20.2. The number of nitrogens with zero attached hydrogens (tertiary/aromatic N) is 1. The third kappa shape index (κ3) is 3.87. The molecule has 0 spiro atoms. The van der Waals surface area contributed by atoms with Crippen LogP contribution in [0.3, 0.4) is 0 Å². The summed E-state index contributed by atoms with van der Waals surface area (Å²) in [7, 11) is 0. The molecule has 0 aliphatic carbocycles.